The van der Waals surface area contributed by atoms with Crippen molar-refractivity contribution in [3.63, 3.8) is 0 Å². The maximum absolute atomic E-state index is 9.50. The van der Waals surface area contributed by atoms with Crippen LogP contribution in [0, 0.1) is 10.1 Å². The van der Waals surface area contributed by atoms with E-state index in [1.165, 1.54) is 7.11 Å². The summed E-state index contributed by atoms with van der Waals surface area (Å²) >= 11 is 0. The van der Waals surface area contributed by atoms with E-state index in [1.807, 2.05) is 0 Å². The van der Waals surface area contributed by atoms with Crippen molar-refractivity contribution in [2.24, 2.45) is 0 Å². The van der Waals surface area contributed by atoms with Crippen LogP contribution in [0.4, 0.5) is 0 Å². The Kier molecular flexibility index (Phi) is 2.39. The lowest BCUT2D eigenvalue weighted by molar-refractivity contribution is -0.405. The first kappa shape index (κ1) is 6.74. The summed E-state index contributed by atoms with van der Waals surface area (Å²) in [4.78, 5) is 8.75. The molecule has 5 heteroatoms. The van der Waals surface area contributed by atoms with Crippen LogP contribution in [0.1, 0.15) is 0 Å². The van der Waals surface area contributed by atoms with Crippen molar-refractivity contribution in [3.05, 3.63) is 22.2 Å². The third-order valence-corrected chi connectivity index (χ3v) is 0.443. The molecule has 0 saturated heterocycles. The molecule has 0 aromatic rings. The molecule has 0 aromatic heterocycles. The van der Waals surface area contributed by atoms with E-state index in [9.17, 15) is 10.1 Å². The smallest absolute Gasteiger partial charge is 0.295 e. The number of hydrogen-bond acceptors (Lipinski definition) is 3. The van der Waals surface area contributed by atoms with Crippen LogP contribution < -0.4 is 5.73 Å². The van der Waals surface area contributed by atoms with Gasteiger partial charge in [-0.05, 0) is 0 Å². The standard InChI is InChI=1S/C3H5N2O3/c1-8-3(4)2-5(6)7/h2,4H,1H3/b3-2-. The van der Waals surface area contributed by atoms with Gasteiger partial charge in [-0.2, -0.15) is 0 Å². The molecular formula is C3H5N2O3. The predicted molar refractivity (Wildman–Crippen MR) is 25.2 cm³/mol. The number of nitrogens with zero attached hydrogens (tertiary/aromatic N) is 1. The van der Waals surface area contributed by atoms with Gasteiger partial charge in [0.1, 0.15) is 0 Å². The highest BCUT2D eigenvalue weighted by atomic mass is 16.6. The van der Waals surface area contributed by atoms with Gasteiger partial charge in [0.25, 0.3) is 12.1 Å². The molecule has 0 aromatic carbocycles. The molecule has 0 rings (SSSR count). The van der Waals surface area contributed by atoms with E-state index < -0.39 is 10.8 Å². The van der Waals surface area contributed by atoms with Crippen LogP contribution in [0.2, 0.25) is 0 Å². The van der Waals surface area contributed by atoms with Crippen LogP contribution in [-0.4, -0.2) is 12.0 Å². The van der Waals surface area contributed by atoms with Gasteiger partial charge in [0.2, 0.25) is 0 Å². The molecule has 0 bridgehead atoms. The van der Waals surface area contributed by atoms with Gasteiger partial charge in [-0.15, -0.1) is 0 Å². The zero-order valence-corrected chi connectivity index (χ0v) is 4.25. The van der Waals surface area contributed by atoms with E-state index in [-0.39, 0.29) is 0 Å². The molecule has 0 aliphatic heterocycles. The Morgan fingerprint density at radius 2 is 2.50 bits per heavy atom. The van der Waals surface area contributed by atoms with E-state index in [1.54, 1.807) is 0 Å². The fourth-order valence-corrected chi connectivity index (χ4v) is 0.148. The Balaban J connectivity index is 3.75. The van der Waals surface area contributed by atoms with Crippen LogP contribution in [0.5, 0.6) is 0 Å². The Bertz CT molecular complexity index is 120. The maximum Gasteiger partial charge on any atom is 0.295 e. The van der Waals surface area contributed by atoms with Crippen molar-refractivity contribution < 1.29 is 9.66 Å². The molecule has 0 unspecified atom stereocenters. The topological polar surface area (TPSA) is 76.2 Å². The first-order valence-electron chi connectivity index (χ1n) is 1.77. The summed E-state index contributed by atoms with van der Waals surface area (Å²) in [6.07, 6.45) is 0.472. The van der Waals surface area contributed by atoms with Gasteiger partial charge in [-0.25, -0.2) is 0 Å². The average Bonchev–Trinajstić information content (AvgIpc) is 1.65. The lowest BCUT2D eigenvalue weighted by Crippen LogP contribution is -1.92. The van der Waals surface area contributed by atoms with Gasteiger partial charge >= 0.3 is 0 Å². The Hall–Kier alpha value is -1.26. The molecule has 0 heterocycles. The van der Waals surface area contributed by atoms with Gasteiger partial charge < -0.3 is 4.74 Å². The molecule has 0 atom stereocenters. The molecule has 0 aliphatic rings. The molecule has 45 valence electrons. The number of nitro groups is 1. The van der Waals surface area contributed by atoms with Crippen LogP contribution in [0.25, 0.3) is 0 Å². The lowest BCUT2D eigenvalue weighted by Gasteiger charge is -1.88. The van der Waals surface area contributed by atoms with Gasteiger partial charge in [0, 0.05) is 0 Å². The van der Waals surface area contributed by atoms with E-state index in [2.05, 4.69) is 4.74 Å². The highest BCUT2D eigenvalue weighted by Crippen LogP contribution is 1.84. The number of ether oxygens (including phenoxy) is 1. The van der Waals surface area contributed by atoms with Crippen molar-refractivity contribution in [2.75, 3.05) is 7.11 Å². The monoisotopic (exact) mass is 117 g/mol. The first-order chi connectivity index (χ1) is 3.66. The summed E-state index contributed by atoms with van der Waals surface area (Å²) in [5.74, 6) is -0.449. The third-order valence-electron chi connectivity index (χ3n) is 0.443. The zero-order valence-electron chi connectivity index (χ0n) is 4.25. The number of nitrogens with one attached hydrogen (secondary N) is 1. The number of rotatable bonds is 2. The van der Waals surface area contributed by atoms with E-state index >= 15 is 0 Å². The summed E-state index contributed by atoms with van der Waals surface area (Å²) in [6, 6.07) is 0. The summed E-state index contributed by atoms with van der Waals surface area (Å²) in [5, 5.41) is 9.50. The zero-order chi connectivity index (χ0) is 6.57. The summed E-state index contributed by atoms with van der Waals surface area (Å²) in [6.45, 7) is 0. The molecular weight excluding hydrogens is 112 g/mol. The van der Waals surface area contributed by atoms with Crippen molar-refractivity contribution in [2.45, 2.75) is 0 Å². The van der Waals surface area contributed by atoms with Crippen LogP contribution in [0.3, 0.4) is 0 Å². The van der Waals surface area contributed by atoms with Crippen molar-refractivity contribution in [1.29, 1.82) is 0 Å². The lowest BCUT2D eigenvalue weighted by atomic mass is 10.8. The minimum absolute atomic E-state index is 0.449. The van der Waals surface area contributed by atoms with Gasteiger partial charge in [-0.1, -0.05) is 0 Å². The van der Waals surface area contributed by atoms with E-state index in [4.69, 9.17) is 5.73 Å². The molecule has 0 fully saturated rings. The van der Waals surface area contributed by atoms with E-state index in [0.717, 1.165) is 0 Å². The van der Waals surface area contributed by atoms with Crippen LogP contribution >= 0.6 is 0 Å². The fourth-order valence-electron chi connectivity index (χ4n) is 0.148. The minimum atomic E-state index is -0.744. The second-order valence-corrected chi connectivity index (χ2v) is 0.983. The molecule has 0 spiro atoms. The summed E-state index contributed by atoms with van der Waals surface area (Å²) in [5.41, 5.74) is 6.55. The highest BCUT2D eigenvalue weighted by molar-refractivity contribution is 4.75. The van der Waals surface area contributed by atoms with Crippen molar-refractivity contribution in [1.82, 2.24) is 5.73 Å². The Morgan fingerprint density at radius 1 is 2.00 bits per heavy atom. The summed E-state index contributed by atoms with van der Waals surface area (Å²) in [7, 11) is 1.20. The second-order valence-electron chi connectivity index (χ2n) is 0.983. The Labute approximate surface area is 45.9 Å². The van der Waals surface area contributed by atoms with Crippen molar-refractivity contribution >= 4 is 0 Å². The number of methoxy groups -OCH3 is 1. The molecule has 1 radical (unpaired) electrons. The van der Waals surface area contributed by atoms with Crippen molar-refractivity contribution in [3.8, 4) is 0 Å². The predicted octanol–water partition coefficient (Wildman–Crippen LogP) is -0.00870. The molecule has 0 aliphatic carbocycles. The quantitative estimate of drug-likeness (QED) is 0.290. The highest BCUT2D eigenvalue weighted by Gasteiger charge is 1.92. The molecule has 5 nitrogen and oxygen atoms in total. The Morgan fingerprint density at radius 3 is 2.62 bits per heavy atom. The largest absolute Gasteiger partial charge is 0.477 e. The molecule has 0 amide bonds. The molecule has 0 saturated carbocycles. The number of hydrogen-bond donors (Lipinski definition) is 0. The SMILES string of the molecule is CO/C([NH])=C\[N+](=O)[O-]. The second kappa shape index (κ2) is 2.84. The van der Waals surface area contributed by atoms with Gasteiger partial charge in [0.15, 0.2) is 0 Å². The molecule has 8 heavy (non-hydrogen) atoms. The normalized spacial score (nSPS) is 10.9. The first-order valence-corrected chi connectivity index (χ1v) is 1.77. The van der Waals surface area contributed by atoms with E-state index in [0.29, 0.717) is 6.20 Å². The maximum atomic E-state index is 9.50. The minimum Gasteiger partial charge on any atom is -0.477 e. The average molecular weight is 117 g/mol. The van der Waals surface area contributed by atoms with Gasteiger partial charge in [0.05, 0.1) is 12.0 Å². The molecule has 1 N–H and O–H groups in total. The van der Waals surface area contributed by atoms with Gasteiger partial charge in [-0.3, -0.25) is 15.8 Å². The summed E-state index contributed by atoms with van der Waals surface area (Å²) < 4.78 is 4.15. The fraction of sp³-hybridized carbons (Fsp3) is 0.333. The van der Waals surface area contributed by atoms with Crippen LogP contribution in [0.15, 0.2) is 12.1 Å². The third kappa shape index (κ3) is 2.95. The van der Waals surface area contributed by atoms with Crippen LogP contribution in [-0.2, 0) is 4.74 Å².